The number of hydrogen-bond donors (Lipinski definition) is 2. The third kappa shape index (κ3) is 14.9. The molecular formula is C61H84N2O16. The SMILES string of the molecule is C=CCO[C@]1(C)C[C@H](C)/C(=N\OC(=O)c2ccccc2)[C@H](C)[C@@H](O)[C@](C)(O)[C@@H](CC)OC(=O)[C@H](C)[C@@H](OC2C[C@@](C)(OC)[C@@H](OC(=O)c3ccccc3)[C@H](C)O2)[C@H](C)[C@H]1O[C@@H]1O[C@H](C)C[C@H](N(C)C)[C@H]1OC(=O)c1ccccc1. The maximum absolute atomic E-state index is 15.0. The van der Waals surface area contributed by atoms with Crippen molar-refractivity contribution in [3.8, 4) is 0 Å². The van der Waals surface area contributed by atoms with Crippen LogP contribution in [0.4, 0.5) is 0 Å². The quantitative estimate of drug-likeness (QED) is 0.0453. The zero-order chi connectivity index (χ0) is 58.0. The van der Waals surface area contributed by atoms with Crippen molar-refractivity contribution in [3.05, 3.63) is 120 Å². The van der Waals surface area contributed by atoms with Gasteiger partial charge in [0.05, 0.1) is 77.1 Å². The lowest BCUT2D eigenvalue weighted by Gasteiger charge is -2.50. The van der Waals surface area contributed by atoms with Crippen LogP contribution in [-0.4, -0.2) is 157 Å². The molecule has 79 heavy (non-hydrogen) atoms. The number of nitrogens with zero attached hydrogens (tertiary/aromatic N) is 2. The average Bonchev–Trinajstić information content (AvgIpc) is 3.59. The second kappa shape index (κ2) is 27.4. The third-order valence-electron chi connectivity index (χ3n) is 16.0. The number of methoxy groups -OCH3 is 1. The molecule has 0 radical (unpaired) electrons. The van der Waals surface area contributed by atoms with E-state index in [-0.39, 0.29) is 37.1 Å². The lowest BCUT2D eigenvalue weighted by molar-refractivity contribution is -0.319. The molecule has 0 aromatic heterocycles. The lowest BCUT2D eigenvalue weighted by atomic mass is 9.73. The zero-order valence-electron chi connectivity index (χ0n) is 48.1. The van der Waals surface area contributed by atoms with Gasteiger partial charge in [-0.05, 0) is 111 Å². The molecule has 0 amide bonds. The molecular weight excluding hydrogens is 1020 g/mol. The molecule has 6 rings (SSSR count). The molecule has 3 aromatic carbocycles. The number of likely N-dealkylation sites (N-methyl/N-ethyl adjacent to an activating group) is 1. The van der Waals surface area contributed by atoms with Crippen LogP contribution in [0.5, 0.6) is 0 Å². The zero-order valence-corrected chi connectivity index (χ0v) is 48.1. The van der Waals surface area contributed by atoms with Gasteiger partial charge in [0.2, 0.25) is 0 Å². The summed E-state index contributed by atoms with van der Waals surface area (Å²) in [7, 11) is 5.28. The van der Waals surface area contributed by atoms with Crippen molar-refractivity contribution in [1.82, 2.24) is 4.90 Å². The van der Waals surface area contributed by atoms with E-state index in [2.05, 4.69) is 11.7 Å². The van der Waals surface area contributed by atoms with Gasteiger partial charge in [-0.25, -0.2) is 14.4 Å². The first-order valence-electron chi connectivity index (χ1n) is 27.4. The summed E-state index contributed by atoms with van der Waals surface area (Å²) in [4.78, 5) is 63.8. The Kier molecular flexibility index (Phi) is 21.8. The highest BCUT2D eigenvalue weighted by molar-refractivity contribution is 5.92. The molecule has 0 spiro atoms. The summed E-state index contributed by atoms with van der Waals surface area (Å²) in [5.74, 6) is -6.54. The van der Waals surface area contributed by atoms with Crippen LogP contribution in [0, 0.1) is 23.7 Å². The first kappa shape index (κ1) is 62.8. The van der Waals surface area contributed by atoms with E-state index >= 15 is 4.79 Å². The molecule has 3 heterocycles. The smallest absolute Gasteiger partial charge is 0.365 e. The summed E-state index contributed by atoms with van der Waals surface area (Å²) in [6.45, 7) is 21.3. The average molecular weight is 1100 g/mol. The van der Waals surface area contributed by atoms with Crippen molar-refractivity contribution in [2.24, 2.45) is 28.8 Å². The Morgan fingerprint density at radius 2 is 1.32 bits per heavy atom. The molecule has 18 atom stereocenters. The van der Waals surface area contributed by atoms with E-state index in [4.69, 9.17) is 47.5 Å². The van der Waals surface area contributed by atoms with E-state index in [1.807, 2.05) is 46.7 Å². The molecule has 3 aliphatic rings. The minimum atomic E-state index is -2.09. The summed E-state index contributed by atoms with van der Waals surface area (Å²) >= 11 is 0. The van der Waals surface area contributed by atoms with E-state index in [0.29, 0.717) is 17.5 Å². The fraction of sp³-hybridized carbons (Fsp3) is 0.590. The molecule has 0 saturated carbocycles. The summed E-state index contributed by atoms with van der Waals surface area (Å²) in [5.41, 5.74) is -3.69. The number of carbonyl (C=O) groups excluding carboxylic acids is 4. The van der Waals surface area contributed by atoms with Crippen LogP contribution in [0.25, 0.3) is 0 Å². The van der Waals surface area contributed by atoms with E-state index in [1.165, 1.54) is 14.0 Å². The number of rotatable bonds is 16. The number of oxime groups is 1. The largest absolute Gasteiger partial charge is 0.459 e. The molecule has 1 unspecified atom stereocenters. The van der Waals surface area contributed by atoms with Gasteiger partial charge in [-0.3, -0.25) is 4.79 Å². The molecule has 3 aliphatic heterocycles. The van der Waals surface area contributed by atoms with Crippen LogP contribution in [0.15, 0.2) is 109 Å². The maximum Gasteiger partial charge on any atom is 0.365 e. The molecule has 434 valence electrons. The van der Waals surface area contributed by atoms with Gasteiger partial charge in [0, 0.05) is 31.3 Å². The number of ether oxygens (including phenoxy) is 9. The first-order valence-corrected chi connectivity index (χ1v) is 27.4. The fourth-order valence-electron chi connectivity index (χ4n) is 11.5. The Hall–Kier alpha value is -5.41. The van der Waals surface area contributed by atoms with Crippen LogP contribution in [-0.2, 0) is 52.3 Å². The van der Waals surface area contributed by atoms with E-state index in [1.54, 1.807) is 132 Å². The summed E-state index contributed by atoms with van der Waals surface area (Å²) in [6, 6.07) is 25.1. The number of aliphatic hydroxyl groups excluding tert-OH is 1. The van der Waals surface area contributed by atoms with Crippen molar-refractivity contribution < 1.29 is 76.9 Å². The molecule has 0 aliphatic carbocycles. The van der Waals surface area contributed by atoms with Crippen molar-refractivity contribution in [1.29, 1.82) is 0 Å². The van der Waals surface area contributed by atoms with E-state index in [0.717, 1.165) is 0 Å². The minimum absolute atomic E-state index is 0.0154. The van der Waals surface area contributed by atoms with Crippen LogP contribution in [0.1, 0.15) is 126 Å². The molecule has 18 heteroatoms. The Morgan fingerprint density at radius 1 is 0.759 bits per heavy atom. The van der Waals surface area contributed by atoms with Gasteiger partial charge in [0.1, 0.15) is 17.3 Å². The van der Waals surface area contributed by atoms with E-state index in [9.17, 15) is 24.6 Å². The summed E-state index contributed by atoms with van der Waals surface area (Å²) in [5, 5.41) is 29.2. The topological polar surface area (TPSA) is 217 Å². The number of benzene rings is 3. The van der Waals surface area contributed by atoms with Crippen molar-refractivity contribution in [2.75, 3.05) is 27.8 Å². The summed E-state index contributed by atoms with van der Waals surface area (Å²) in [6.07, 6.45) is -8.63. The molecule has 18 nitrogen and oxygen atoms in total. The predicted octanol–water partition coefficient (Wildman–Crippen LogP) is 8.37. The fourth-order valence-corrected chi connectivity index (χ4v) is 11.5. The van der Waals surface area contributed by atoms with Crippen LogP contribution in [0.2, 0.25) is 0 Å². The molecule has 3 aromatic rings. The number of aliphatic hydroxyl groups is 2. The van der Waals surface area contributed by atoms with Crippen molar-refractivity contribution >= 4 is 29.6 Å². The first-order chi connectivity index (χ1) is 37.4. The summed E-state index contributed by atoms with van der Waals surface area (Å²) < 4.78 is 59.8. The van der Waals surface area contributed by atoms with Gasteiger partial charge in [-0.2, -0.15) is 0 Å². The van der Waals surface area contributed by atoms with Crippen molar-refractivity contribution in [2.45, 2.75) is 179 Å². The maximum atomic E-state index is 15.0. The van der Waals surface area contributed by atoms with Gasteiger partial charge >= 0.3 is 23.9 Å². The lowest BCUT2D eigenvalue weighted by Crippen LogP contribution is -2.62. The van der Waals surface area contributed by atoms with E-state index < -0.39 is 132 Å². The molecule has 3 fully saturated rings. The highest BCUT2D eigenvalue weighted by atomic mass is 16.7. The third-order valence-corrected chi connectivity index (χ3v) is 16.0. The highest BCUT2D eigenvalue weighted by Gasteiger charge is 2.55. The molecule has 0 bridgehead atoms. The normalized spacial score (nSPS) is 36.3. The monoisotopic (exact) mass is 1100 g/mol. The van der Waals surface area contributed by atoms with Gasteiger partial charge in [0.25, 0.3) is 0 Å². The standard InChI is InChI=1S/C61H84N2O16/c1-15-32-71-60(10)34-36(3)48(62-79-57(68)44-30-24-19-25-31-44)38(5)51(64)61(11,69)46(16-2)74-54(65)40(7)49(75-47-35-59(9,70-14)53(41(8)73-47)77-56(67)43-28-22-18-23-29-43)39(6)52(60)78-58-50(45(63(12)13)33-37(4)72-58)76-55(66)42-26-20-17-21-27-42/h15,17-31,36-41,45-47,49-53,58,64,69H,1,16,32-35H2,2-14H3/b62-48+/t36-,37+,38-,39-,40+,41-,45-,46+,47?,49-,50+,51+,52+,53-,58-,59+,60+,61+/m0/s1. The minimum Gasteiger partial charge on any atom is -0.459 e. The second-order valence-electron chi connectivity index (χ2n) is 22.4. The number of esters is 3. The number of hydrogen-bond acceptors (Lipinski definition) is 18. The Morgan fingerprint density at radius 3 is 1.85 bits per heavy atom. The Bertz CT molecular complexity index is 2510. The molecule has 3 saturated heterocycles. The van der Waals surface area contributed by atoms with Crippen LogP contribution >= 0.6 is 0 Å². The van der Waals surface area contributed by atoms with Gasteiger partial charge in [-0.15, -0.1) is 6.58 Å². The van der Waals surface area contributed by atoms with Gasteiger partial charge in [-0.1, -0.05) is 93.5 Å². The van der Waals surface area contributed by atoms with Crippen LogP contribution < -0.4 is 0 Å². The number of carbonyl (C=O) groups is 4. The highest BCUT2D eigenvalue weighted by Crippen LogP contribution is 2.43. The number of cyclic esters (lactones) is 1. The van der Waals surface area contributed by atoms with Gasteiger partial charge in [0.15, 0.2) is 24.8 Å². The van der Waals surface area contributed by atoms with Crippen molar-refractivity contribution in [3.63, 3.8) is 0 Å². The Labute approximate surface area is 466 Å². The Balaban J connectivity index is 1.52. The second-order valence-corrected chi connectivity index (χ2v) is 22.4. The molecule has 2 N–H and O–H groups in total. The van der Waals surface area contributed by atoms with Crippen LogP contribution in [0.3, 0.4) is 0 Å². The van der Waals surface area contributed by atoms with Gasteiger partial charge < -0.3 is 62.6 Å². The predicted molar refractivity (Wildman–Crippen MR) is 294 cm³/mol.